The summed E-state index contributed by atoms with van der Waals surface area (Å²) in [6.07, 6.45) is -1.39. The summed E-state index contributed by atoms with van der Waals surface area (Å²) in [5, 5.41) is 0. The Morgan fingerprint density at radius 3 is 2.23 bits per heavy atom. The lowest BCUT2D eigenvalue weighted by Gasteiger charge is -2.09. The van der Waals surface area contributed by atoms with Crippen molar-refractivity contribution < 1.29 is 9.18 Å². The maximum atomic E-state index is 13.3. The van der Waals surface area contributed by atoms with Gasteiger partial charge in [0.1, 0.15) is 0 Å². The van der Waals surface area contributed by atoms with E-state index in [9.17, 15) is 9.18 Å². The Labute approximate surface area is 77.6 Å². The van der Waals surface area contributed by atoms with Crippen molar-refractivity contribution in [2.45, 2.75) is 20.0 Å². The third kappa shape index (κ3) is 2.38. The van der Waals surface area contributed by atoms with Crippen LogP contribution < -0.4 is 0 Å². The number of hydrogen-bond donors (Lipinski definition) is 0. The summed E-state index contributed by atoms with van der Waals surface area (Å²) >= 11 is 0. The van der Waals surface area contributed by atoms with Gasteiger partial charge in [-0.1, -0.05) is 44.2 Å². The number of rotatable bonds is 3. The quantitative estimate of drug-likeness (QED) is 0.654. The van der Waals surface area contributed by atoms with Crippen LogP contribution in [0.4, 0.5) is 4.39 Å². The lowest BCUT2D eigenvalue weighted by molar-refractivity contribution is 0.0830. The zero-order valence-electron chi connectivity index (χ0n) is 7.83. The number of benzene rings is 1. The lowest BCUT2D eigenvalue weighted by Crippen LogP contribution is -2.21. The van der Waals surface area contributed by atoms with Gasteiger partial charge in [0.05, 0.1) is 0 Å². The predicted octanol–water partition coefficient (Wildman–Crippen LogP) is 2.86. The minimum Gasteiger partial charge on any atom is -0.291 e. The van der Waals surface area contributed by atoms with E-state index in [0.717, 1.165) is 0 Å². The van der Waals surface area contributed by atoms with E-state index < -0.39 is 12.0 Å². The van der Waals surface area contributed by atoms with E-state index in [2.05, 4.69) is 0 Å². The van der Waals surface area contributed by atoms with Crippen molar-refractivity contribution in [3.8, 4) is 0 Å². The second kappa shape index (κ2) is 4.17. The molecular formula is C11H13FO. The highest BCUT2D eigenvalue weighted by Gasteiger charge is 2.21. The molecule has 0 aliphatic rings. The average Bonchev–Trinajstić information content (AvgIpc) is 2.17. The summed E-state index contributed by atoms with van der Waals surface area (Å²) in [7, 11) is 0. The summed E-state index contributed by atoms with van der Waals surface area (Å²) in [6, 6.07) is 8.55. The largest absolute Gasteiger partial charge is 0.291 e. The minimum atomic E-state index is -1.39. The molecule has 0 radical (unpaired) electrons. The molecule has 0 fully saturated rings. The predicted molar refractivity (Wildman–Crippen MR) is 50.5 cm³/mol. The number of ketones is 1. The molecule has 0 aromatic heterocycles. The summed E-state index contributed by atoms with van der Waals surface area (Å²) in [6.45, 7) is 3.40. The van der Waals surface area contributed by atoms with Crippen molar-refractivity contribution in [2.75, 3.05) is 0 Å². The van der Waals surface area contributed by atoms with Crippen LogP contribution in [-0.4, -0.2) is 12.0 Å². The van der Waals surface area contributed by atoms with Crippen LogP contribution in [0.2, 0.25) is 0 Å². The Morgan fingerprint density at radius 2 is 1.77 bits per heavy atom. The van der Waals surface area contributed by atoms with Crippen LogP contribution in [0.15, 0.2) is 30.3 Å². The fraction of sp³-hybridized carbons (Fsp3) is 0.364. The lowest BCUT2D eigenvalue weighted by atomic mass is 9.99. The first kappa shape index (κ1) is 9.90. The average molecular weight is 180 g/mol. The van der Waals surface area contributed by atoms with Crippen molar-refractivity contribution in [2.24, 2.45) is 5.92 Å². The summed E-state index contributed by atoms with van der Waals surface area (Å²) in [5.41, 5.74) is 0.448. The number of hydrogen-bond acceptors (Lipinski definition) is 1. The first-order valence-corrected chi connectivity index (χ1v) is 4.36. The first-order valence-electron chi connectivity index (χ1n) is 4.36. The molecule has 1 nitrogen and oxygen atoms in total. The molecule has 1 unspecified atom stereocenters. The van der Waals surface area contributed by atoms with Crippen LogP contribution in [0.3, 0.4) is 0 Å². The third-order valence-electron chi connectivity index (χ3n) is 1.89. The molecule has 0 amide bonds. The van der Waals surface area contributed by atoms with Gasteiger partial charge in [0, 0.05) is 5.56 Å². The molecule has 0 N–H and O–H groups in total. The first-order chi connectivity index (χ1) is 6.13. The smallest absolute Gasteiger partial charge is 0.197 e. The molecule has 2 heteroatoms. The molecule has 0 heterocycles. The van der Waals surface area contributed by atoms with Gasteiger partial charge in [-0.25, -0.2) is 4.39 Å². The van der Waals surface area contributed by atoms with Gasteiger partial charge in [-0.2, -0.15) is 0 Å². The maximum absolute atomic E-state index is 13.3. The van der Waals surface area contributed by atoms with E-state index in [0.29, 0.717) is 5.56 Å². The Hall–Kier alpha value is -1.18. The van der Waals surface area contributed by atoms with Crippen molar-refractivity contribution in [3.63, 3.8) is 0 Å². The molecule has 0 spiro atoms. The number of Topliss-reactive ketones (excluding diaryl/α,β-unsaturated/α-hetero) is 1. The van der Waals surface area contributed by atoms with E-state index in [4.69, 9.17) is 0 Å². The number of carbonyl (C=O) groups excluding carboxylic acids is 1. The Morgan fingerprint density at radius 1 is 1.23 bits per heavy atom. The molecule has 1 atom stereocenters. The standard InChI is InChI=1S/C11H13FO/c1-8(2)10(12)11(13)9-6-4-3-5-7-9/h3-8,10H,1-2H3. The molecule has 1 aromatic carbocycles. The SMILES string of the molecule is CC(C)C(F)C(=O)c1ccccc1. The fourth-order valence-electron chi connectivity index (χ4n) is 1.06. The van der Waals surface area contributed by atoms with E-state index in [-0.39, 0.29) is 5.92 Å². The van der Waals surface area contributed by atoms with Gasteiger partial charge in [-0.05, 0) is 5.92 Å². The van der Waals surface area contributed by atoms with Crippen LogP contribution in [-0.2, 0) is 0 Å². The van der Waals surface area contributed by atoms with Gasteiger partial charge in [-0.3, -0.25) is 4.79 Å². The molecule has 0 aliphatic carbocycles. The van der Waals surface area contributed by atoms with Crippen LogP contribution in [0.25, 0.3) is 0 Å². The van der Waals surface area contributed by atoms with Gasteiger partial charge < -0.3 is 0 Å². The second-order valence-corrected chi connectivity index (χ2v) is 3.38. The minimum absolute atomic E-state index is 0.257. The molecule has 0 saturated carbocycles. The van der Waals surface area contributed by atoms with Crippen molar-refractivity contribution in [3.05, 3.63) is 35.9 Å². The van der Waals surface area contributed by atoms with Gasteiger partial charge in [-0.15, -0.1) is 0 Å². The van der Waals surface area contributed by atoms with Gasteiger partial charge in [0.15, 0.2) is 12.0 Å². The molecular weight excluding hydrogens is 167 g/mol. The molecule has 13 heavy (non-hydrogen) atoms. The molecule has 0 aliphatic heterocycles. The third-order valence-corrected chi connectivity index (χ3v) is 1.89. The number of alkyl halides is 1. The topological polar surface area (TPSA) is 17.1 Å². The zero-order chi connectivity index (χ0) is 9.84. The molecule has 0 saturated heterocycles. The van der Waals surface area contributed by atoms with E-state index in [1.165, 1.54) is 0 Å². The van der Waals surface area contributed by atoms with Crippen LogP contribution >= 0.6 is 0 Å². The Balaban J connectivity index is 2.80. The monoisotopic (exact) mass is 180 g/mol. The van der Waals surface area contributed by atoms with Crippen molar-refractivity contribution in [1.29, 1.82) is 0 Å². The number of halogens is 1. The summed E-state index contributed by atoms with van der Waals surface area (Å²) < 4.78 is 13.3. The Kier molecular flexibility index (Phi) is 3.18. The summed E-state index contributed by atoms with van der Waals surface area (Å²) in [5.74, 6) is -0.677. The van der Waals surface area contributed by atoms with E-state index >= 15 is 0 Å². The van der Waals surface area contributed by atoms with Crippen LogP contribution in [0.1, 0.15) is 24.2 Å². The normalized spacial score (nSPS) is 12.9. The van der Waals surface area contributed by atoms with Gasteiger partial charge in [0.2, 0.25) is 0 Å². The Bertz CT molecular complexity index is 279. The molecule has 1 rings (SSSR count). The van der Waals surface area contributed by atoms with E-state index in [1.54, 1.807) is 44.2 Å². The number of carbonyl (C=O) groups is 1. The van der Waals surface area contributed by atoms with E-state index in [1.807, 2.05) is 0 Å². The highest BCUT2D eigenvalue weighted by atomic mass is 19.1. The maximum Gasteiger partial charge on any atom is 0.197 e. The molecule has 1 aromatic rings. The fourth-order valence-corrected chi connectivity index (χ4v) is 1.06. The van der Waals surface area contributed by atoms with Crippen molar-refractivity contribution >= 4 is 5.78 Å². The summed E-state index contributed by atoms with van der Waals surface area (Å²) in [4.78, 5) is 11.4. The van der Waals surface area contributed by atoms with Crippen LogP contribution in [0, 0.1) is 5.92 Å². The molecule has 70 valence electrons. The van der Waals surface area contributed by atoms with Gasteiger partial charge >= 0.3 is 0 Å². The second-order valence-electron chi connectivity index (χ2n) is 3.38. The van der Waals surface area contributed by atoms with Crippen LogP contribution in [0.5, 0.6) is 0 Å². The highest BCUT2D eigenvalue weighted by Crippen LogP contribution is 2.13. The molecule has 0 bridgehead atoms. The van der Waals surface area contributed by atoms with Gasteiger partial charge in [0.25, 0.3) is 0 Å². The zero-order valence-corrected chi connectivity index (χ0v) is 7.83. The van der Waals surface area contributed by atoms with Crippen molar-refractivity contribution in [1.82, 2.24) is 0 Å². The highest BCUT2D eigenvalue weighted by molar-refractivity contribution is 5.99.